The van der Waals surface area contributed by atoms with E-state index in [0.717, 1.165) is 25.9 Å². The molecule has 1 aliphatic rings. The number of aliphatic hydroxyl groups is 1. The Morgan fingerprint density at radius 1 is 0.824 bits per heavy atom. The van der Waals surface area contributed by atoms with Crippen molar-refractivity contribution in [1.29, 1.82) is 0 Å². The number of hydrogen-bond acceptors (Lipinski definition) is 4. The van der Waals surface area contributed by atoms with Gasteiger partial charge in [0.25, 0.3) is 0 Å². The van der Waals surface area contributed by atoms with E-state index in [4.69, 9.17) is 9.47 Å². The molecule has 4 rings (SSSR count). The molecule has 0 saturated carbocycles. The van der Waals surface area contributed by atoms with Crippen LogP contribution in [0.4, 0.5) is 4.39 Å². The van der Waals surface area contributed by atoms with Crippen LogP contribution in [0.15, 0.2) is 84.9 Å². The van der Waals surface area contributed by atoms with Gasteiger partial charge >= 0.3 is 0 Å². The minimum atomic E-state index is -0.526. The van der Waals surface area contributed by atoms with Crippen LogP contribution in [0.2, 0.25) is 0 Å². The molecular weight excluding hydrogens is 429 g/mol. The van der Waals surface area contributed by atoms with Gasteiger partial charge in [0.15, 0.2) is 0 Å². The largest absolute Gasteiger partial charge is 0.491 e. The van der Waals surface area contributed by atoms with Crippen molar-refractivity contribution in [3.05, 3.63) is 102 Å². The first-order chi connectivity index (χ1) is 16.7. The van der Waals surface area contributed by atoms with Gasteiger partial charge in [0, 0.05) is 12.5 Å². The predicted molar refractivity (Wildman–Crippen MR) is 133 cm³/mol. The van der Waals surface area contributed by atoms with Crippen LogP contribution in [-0.2, 0) is 4.74 Å². The zero-order chi connectivity index (χ0) is 23.6. The monoisotopic (exact) mass is 463 g/mol. The number of rotatable bonds is 11. The Morgan fingerprint density at radius 3 is 2.00 bits per heavy atom. The number of aliphatic hydroxyl groups excluding tert-OH is 1. The van der Waals surface area contributed by atoms with Crippen molar-refractivity contribution in [1.82, 2.24) is 4.90 Å². The van der Waals surface area contributed by atoms with Gasteiger partial charge in [0.1, 0.15) is 18.2 Å². The van der Waals surface area contributed by atoms with E-state index in [1.807, 2.05) is 0 Å². The Hall–Kier alpha value is -2.73. The van der Waals surface area contributed by atoms with E-state index in [1.54, 1.807) is 12.1 Å². The lowest BCUT2D eigenvalue weighted by Crippen LogP contribution is -2.41. The second-order valence-electron chi connectivity index (χ2n) is 8.97. The lowest BCUT2D eigenvalue weighted by molar-refractivity contribution is 0.00248. The van der Waals surface area contributed by atoms with E-state index in [2.05, 4.69) is 65.6 Å². The number of likely N-dealkylation sites (tertiary alicyclic amines) is 1. The quantitative estimate of drug-likeness (QED) is 0.401. The lowest BCUT2D eigenvalue weighted by Gasteiger charge is -2.37. The van der Waals surface area contributed by atoms with Crippen molar-refractivity contribution >= 4 is 0 Å². The van der Waals surface area contributed by atoms with Crippen molar-refractivity contribution < 1.29 is 19.0 Å². The van der Waals surface area contributed by atoms with Gasteiger partial charge in [-0.15, -0.1) is 0 Å². The molecule has 0 radical (unpaired) electrons. The van der Waals surface area contributed by atoms with Gasteiger partial charge in [-0.1, -0.05) is 60.7 Å². The second-order valence-corrected chi connectivity index (χ2v) is 8.97. The number of nitrogens with zero attached hydrogens (tertiary/aromatic N) is 1. The number of benzene rings is 3. The summed E-state index contributed by atoms with van der Waals surface area (Å²) in [6.07, 6.45) is 1.68. The Bertz CT molecular complexity index is 920. The molecule has 0 bridgehead atoms. The van der Waals surface area contributed by atoms with E-state index in [0.29, 0.717) is 37.3 Å². The fraction of sp³-hybridized carbons (Fsp3) is 0.379. The highest BCUT2D eigenvalue weighted by Crippen LogP contribution is 2.37. The summed E-state index contributed by atoms with van der Waals surface area (Å²) >= 11 is 0. The number of ether oxygens (including phenoxy) is 2. The molecule has 3 aromatic carbocycles. The van der Waals surface area contributed by atoms with Crippen LogP contribution in [0.25, 0.3) is 0 Å². The minimum Gasteiger partial charge on any atom is -0.491 e. The smallest absolute Gasteiger partial charge is 0.123 e. The highest BCUT2D eigenvalue weighted by atomic mass is 19.1. The summed E-state index contributed by atoms with van der Waals surface area (Å²) in [6, 6.07) is 27.5. The van der Waals surface area contributed by atoms with Crippen LogP contribution in [-0.4, -0.2) is 55.6 Å². The molecule has 180 valence electrons. The zero-order valence-electron chi connectivity index (χ0n) is 19.6. The third kappa shape index (κ3) is 7.13. The van der Waals surface area contributed by atoms with Gasteiger partial charge in [-0.05, 0) is 67.2 Å². The Morgan fingerprint density at radius 2 is 1.41 bits per heavy atom. The molecular formula is C29H34FNO3. The van der Waals surface area contributed by atoms with Gasteiger partial charge in [0.05, 0.1) is 19.3 Å². The van der Waals surface area contributed by atoms with Gasteiger partial charge < -0.3 is 19.5 Å². The summed E-state index contributed by atoms with van der Waals surface area (Å²) < 4.78 is 24.0. The maximum absolute atomic E-state index is 12.9. The average molecular weight is 464 g/mol. The van der Waals surface area contributed by atoms with Gasteiger partial charge in [-0.25, -0.2) is 4.39 Å². The fourth-order valence-corrected chi connectivity index (χ4v) is 4.85. The summed E-state index contributed by atoms with van der Waals surface area (Å²) in [4.78, 5) is 2.34. The van der Waals surface area contributed by atoms with Gasteiger partial charge in [-0.2, -0.15) is 0 Å². The first-order valence-corrected chi connectivity index (χ1v) is 12.2. The summed E-state index contributed by atoms with van der Waals surface area (Å²) in [5.41, 5.74) is 2.76. The van der Waals surface area contributed by atoms with E-state index in [1.165, 1.54) is 23.3 Å². The van der Waals surface area contributed by atoms with Crippen LogP contribution in [0, 0.1) is 11.7 Å². The average Bonchev–Trinajstić information content (AvgIpc) is 2.87. The molecule has 0 aliphatic carbocycles. The highest BCUT2D eigenvalue weighted by molar-refractivity contribution is 5.33. The molecule has 0 spiro atoms. The van der Waals surface area contributed by atoms with E-state index in [9.17, 15) is 9.50 Å². The van der Waals surface area contributed by atoms with E-state index in [-0.39, 0.29) is 12.4 Å². The fourth-order valence-electron chi connectivity index (χ4n) is 4.85. The van der Waals surface area contributed by atoms with Crippen LogP contribution < -0.4 is 4.74 Å². The number of piperidine rings is 1. The first-order valence-electron chi connectivity index (χ1n) is 12.2. The van der Waals surface area contributed by atoms with Crippen LogP contribution in [0.5, 0.6) is 5.75 Å². The van der Waals surface area contributed by atoms with Crippen molar-refractivity contribution in [2.24, 2.45) is 5.92 Å². The standard InChI is InChI=1S/C29H34FNO3/c30-26-11-13-28(14-12-26)34-20-19-33-22-27(32)21-31-17-15-25(16-18-31)29(23-7-3-1-4-8-23)24-9-5-2-6-10-24/h1-14,25,27,29,32H,15-22H2/t27-/m0/s1. The summed E-state index contributed by atoms with van der Waals surface area (Å²) in [6.45, 7) is 3.60. The summed E-state index contributed by atoms with van der Waals surface area (Å²) in [5.74, 6) is 1.31. The molecule has 1 fully saturated rings. The zero-order valence-corrected chi connectivity index (χ0v) is 19.6. The second kappa shape index (κ2) is 12.7. The molecule has 1 atom stereocenters. The number of hydrogen-bond donors (Lipinski definition) is 1. The summed E-state index contributed by atoms with van der Waals surface area (Å²) in [5, 5.41) is 10.4. The van der Waals surface area contributed by atoms with Crippen molar-refractivity contribution in [2.45, 2.75) is 24.9 Å². The maximum Gasteiger partial charge on any atom is 0.123 e. The first kappa shape index (κ1) is 24.4. The molecule has 5 heteroatoms. The third-order valence-corrected chi connectivity index (χ3v) is 6.51. The third-order valence-electron chi connectivity index (χ3n) is 6.51. The number of β-amino-alcohol motifs (C(OH)–C–C–N with tert-alkyl or cyclic N) is 1. The number of halogens is 1. The predicted octanol–water partition coefficient (Wildman–Crippen LogP) is 5.13. The normalized spacial score (nSPS) is 16.0. The Kier molecular flexibility index (Phi) is 9.08. The van der Waals surface area contributed by atoms with E-state index < -0.39 is 6.10 Å². The van der Waals surface area contributed by atoms with Crippen LogP contribution in [0.3, 0.4) is 0 Å². The molecule has 1 heterocycles. The molecule has 34 heavy (non-hydrogen) atoms. The van der Waals surface area contributed by atoms with Gasteiger partial charge in [-0.3, -0.25) is 0 Å². The van der Waals surface area contributed by atoms with Gasteiger partial charge in [0.2, 0.25) is 0 Å². The molecule has 3 aromatic rings. The summed E-state index contributed by atoms with van der Waals surface area (Å²) in [7, 11) is 0. The lowest BCUT2D eigenvalue weighted by atomic mass is 9.76. The van der Waals surface area contributed by atoms with E-state index >= 15 is 0 Å². The van der Waals surface area contributed by atoms with Crippen LogP contribution in [0.1, 0.15) is 29.9 Å². The molecule has 4 nitrogen and oxygen atoms in total. The molecule has 0 aromatic heterocycles. The van der Waals surface area contributed by atoms with Crippen LogP contribution >= 0.6 is 0 Å². The molecule has 1 saturated heterocycles. The SMILES string of the molecule is O[C@H](COCCOc1ccc(F)cc1)CN1CCC(C(c2ccccc2)c2ccccc2)CC1. The van der Waals surface area contributed by atoms with Crippen molar-refractivity contribution in [3.8, 4) is 5.75 Å². The topological polar surface area (TPSA) is 41.9 Å². The Balaban J connectivity index is 1.19. The molecule has 0 unspecified atom stereocenters. The highest BCUT2D eigenvalue weighted by Gasteiger charge is 2.29. The molecule has 1 aliphatic heterocycles. The van der Waals surface area contributed by atoms with Crippen molar-refractivity contribution in [2.75, 3.05) is 39.5 Å². The van der Waals surface area contributed by atoms with Crippen molar-refractivity contribution in [3.63, 3.8) is 0 Å². The Labute approximate surface area is 202 Å². The minimum absolute atomic E-state index is 0.281. The molecule has 1 N–H and O–H groups in total. The maximum atomic E-state index is 12.9. The molecule has 0 amide bonds.